The minimum atomic E-state index is -1.19. The van der Waals surface area contributed by atoms with E-state index >= 15 is 0 Å². The molecule has 1 unspecified atom stereocenters. The molecule has 0 aliphatic carbocycles. The van der Waals surface area contributed by atoms with Gasteiger partial charge in [0, 0.05) is 0 Å². The molecule has 0 bridgehead atoms. The summed E-state index contributed by atoms with van der Waals surface area (Å²) in [5.41, 5.74) is 12.0. The normalized spacial score (nSPS) is 21.9. The molecule has 0 amide bonds. The first-order valence-electron chi connectivity index (χ1n) is 10.3. The Balaban J connectivity index is 0.000000168. The summed E-state index contributed by atoms with van der Waals surface area (Å²) < 4.78 is 13.5. The number of hydrogen-bond donors (Lipinski definition) is 7. The van der Waals surface area contributed by atoms with E-state index in [0.29, 0.717) is 16.8 Å². The molecule has 1 fully saturated rings. The minimum absolute atomic E-state index is 0.0291. The standard InChI is InChI=1S/C10H13N5O4.C8H11N5O3/c11-8-5-9(13-2-12-8)15(3-14-5)10-7(18)6(17)4(1-16)19-10;9-8-11-6-5(7(15)12-8)10-3-13(6)4-16-2-1-14/h2-4,6-7,10,16-18H,1H2,(H2,11,12,13);3,14H,1-2,4H2,(H3,9,11,12,15)/t4-,6-,7+,10?;/m1./s1. The number of nitrogens with one attached hydrogen (secondary N) is 1. The molecule has 1 saturated heterocycles. The summed E-state index contributed by atoms with van der Waals surface area (Å²) in [7, 11) is 0. The van der Waals surface area contributed by atoms with Gasteiger partial charge < -0.3 is 41.4 Å². The van der Waals surface area contributed by atoms with E-state index in [2.05, 4.69) is 29.9 Å². The summed E-state index contributed by atoms with van der Waals surface area (Å²) in [4.78, 5) is 33.5. The third-order valence-electron chi connectivity index (χ3n) is 5.14. The van der Waals surface area contributed by atoms with Gasteiger partial charge >= 0.3 is 0 Å². The maximum atomic E-state index is 11.4. The van der Waals surface area contributed by atoms with Crippen molar-refractivity contribution < 1.29 is 29.9 Å². The van der Waals surface area contributed by atoms with Gasteiger partial charge in [0.15, 0.2) is 28.9 Å². The Hall–Kier alpha value is -3.74. The number of ether oxygens (including phenoxy) is 2. The molecule has 35 heavy (non-hydrogen) atoms. The number of nitrogens with two attached hydrogens (primary N) is 2. The Morgan fingerprint density at radius 1 is 1.06 bits per heavy atom. The van der Waals surface area contributed by atoms with Crippen molar-refractivity contribution in [2.24, 2.45) is 0 Å². The molecular weight excluding hydrogens is 468 g/mol. The van der Waals surface area contributed by atoms with Gasteiger partial charge in [-0.25, -0.2) is 19.9 Å². The molecule has 17 heteroatoms. The average molecular weight is 492 g/mol. The average Bonchev–Trinajstić information content (AvgIpc) is 3.52. The van der Waals surface area contributed by atoms with Gasteiger partial charge in [0.2, 0.25) is 5.95 Å². The van der Waals surface area contributed by atoms with E-state index < -0.39 is 31.1 Å². The number of aliphatic hydroxyl groups is 4. The van der Waals surface area contributed by atoms with Crippen molar-refractivity contribution in [3.63, 3.8) is 0 Å². The molecule has 4 atom stereocenters. The van der Waals surface area contributed by atoms with Crippen LogP contribution in [0.5, 0.6) is 0 Å². The highest BCUT2D eigenvalue weighted by atomic mass is 16.6. The van der Waals surface area contributed by atoms with Gasteiger partial charge in [-0.15, -0.1) is 0 Å². The quantitative estimate of drug-likeness (QED) is 0.130. The van der Waals surface area contributed by atoms with Gasteiger partial charge in [-0.05, 0) is 0 Å². The van der Waals surface area contributed by atoms with Crippen LogP contribution in [-0.2, 0) is 16.2 Å². The van der Waals surface area contributed by atoms with Crippen LogP contribution in [0, 0.1) is 0 Å². The highest BCUT2D eigenvalue weighted by molar-refractivity contribution is 5.81. The largest absolute Gasteiger partial charge is 0.394 e. The van der Waals surface area contributed by atoms with E-state index in [1.807, 2.05) is 0 Å². The molecule has 0 spiro atoms. The summed E-state index contributed by atoms with van der Waals surface area (Å²) in [6.07, 6.45) is 0.0113. The Labute approximate surface area is 195 Å². The highest BCUT2D eigenvalue weighted by Gasteiger charge is 2.43. The Kier molecular flexibility index (Phi) is 7.15. The lowest BCUT2D eigenvalue weighted by atomic mass is 10.1. The Morgan fingerprint density at radius 2 is 1.83 bits per heavy atom. The molecule has 4 aromatic rings. The summed E-state index contributed by atoms with van der Waals surface area (Å²) in [5.74, 6) is 0.247. The fraction of sp³-hybridized carbons (Fsp3) is 0.444. The zero-order valence-electron chi connectivity index (χ0n) is 18.2. The maximum Gasteiger partial charge on any atom is 0.280 e. The van der Waals surface area contributed by atoms with Crippen LogP contribution in [0.2, 0.25) is 0 Å². The molecular formula is C18H24N10O7. The molecule has 9 N–H and O–H groups in total. The first kappa shape index (κ1) is 24.4. The molecule has 1 aliphatic heterocycles. The lowest BCUT2D eigenvalue weighted by Gasteiger charge is -2.16. The van der Waals surface area contributed by atoms with E-state index in [-0.39, 0.29) is 42.8 Å². The van der Waals surface area contributed by atoms with Crippen molar-refractivity contribution in [3.05, 3.63) is 29.3 Å². The molecule has 0 saturated carbocycles. The highest BCUT2D eigenvalue weighted by Crippen LogP contribution is 2.31. The first-order chi connectivity index (χ1) is 16.8. The van der Waals surface area contributed by atoms with E-state index in [1.165, 1.54) is 28.1 Å². The van der Waals surface area contributed by atoms with Gasteiger partial charge in [-0.2, -0.15) is 4.98 Å². The monoisotopic (exact) mass is 492 g/mol. The predicted molar refractivity (Wildman–Crippen MR) is 118 cm³/mol. The third-order valence-corrected chi connectivity index (χ3v) is 5.14. The van der Waals surface area contributed by atoms with Crippen LogP contribution in [0.15, 0.2) is 23.8 Å². The molecule has 188 valence electrons. The molecule has 5 heterocycles. The molecule has 0 radical (unpaired) electrons. The smallest absolute Gasteiger partial charge is 0.280 e. The number of aromatic nitrogens is 8. The van der Waals surface area contributed by atoms with E-state index in [4.69, 9.17) is 31.2 Å². The Bertz CT molecular complexity index is 1350. The molecule has 17 nitrogen and oxygen atoms in total. The van der Waals surface area contributed by atoms with Crippen LogP contribution in [0.3, 0.4) is 0 Å². The van der Waals surface area contributed by atoms with Crippen LogP contribution in [0.4, 0.5) is 11.8 Å². The number of H-pyrrole nitrogens is 1. The lowest BCUT2D eigenvalue weighted by Crippen LogP contribution is -2.33. The number of anilines is 2. The minimum Gasteiger partial charge on any atom is -0.394 e. The molecule has 5 rings (SSSR count). The summed E-state index contributed by atoms with van der Waals surface area (Å²) in [6.45, 7) is -0.0907. The molecule has 4 aromatic heterocycles. The van der Waals surface area contributed by atoms with Gasteiger partial charge in [-0.1, -0.05) is 0 Å². The third kappa shape index (κ3) is 4.76. The number of imidazole rings is 2. The van der Waals surface area contributed by atoms with Crippen molar-refractivity contribution in [1.29, 1.82) is 0 Å². The van der Waals surface area contributed by atoms with Crippen molar-refractivity contribution in [2.75, 3.05) is 31.3 Å². The number of aliphatic hydroxyl groups excluding tert-OH is 4. The zero-order chi connectivity index (χ0) is 25.1. The van der Waals surface area contributed by atoms with E-state index in [9.17, 15) is 15.0 Å². The molecule has 1 aliphatic rings. The Morgan fingerprint density at radius 3 is 2.54 bits per heavy atom. The predicted octanol–water partition coefficient (Wildman–Crippen LogP) is -3.31. The number of nitrogen functional groups attached to an aromatic ring is 2. The fourth-order valence-corrected chi connectivity index (χ4v) is 3.46. The second-order valence-electron chi connectivity index (χ2n) is 7.41. The fourth-order valence-electron chi connectivity index (χ4n) is 3.46. The summed E-state index contributed by atoms with van der Waals surface area (Å²) in [5, 5.41) is 37.3. The number of hydrogen-bond acceptors (Lipinski definition) is 14. The number of nitrogens with zero attached hydrogens (tertiary/aromatic N) is 7. The second-order valence-corrected chi connectivity index (χ2v) is 7.41. The zero-order valence-corrected chi connectivity index (χ0v) is 18.2. The second kappa shape index (κ2) is 10.3. The van der Waals surface area contributed by atoms with Crippen molar-refractivity contribution >= 4 is 34.1 Å². The number of fused-ring (bicyclic) bond motifs is 2. The van der Waals surface area contributed by atoms with Crippen LogP contribution in [-0.4, -0.2) is 97.6 Å². The summed E-state index contributed by atoms with van der Waals surface area (Å²) in [6, 6.07) is 0. The van der Waals surface area contributed by atoms with Gasteiger partial charge in [0.25, 0.3) is 5.56 Å². The van der Waals surface area contributed by atoms with E-state index in [1.54, 1.807) is 0 Å². The molecule has 0 aromatic carbocycles. The lowest BCUT2D eigenvalue weighted by molar-refractivity contribution is -0.0511. The first-order valence-corrected chi connectivity index (χ1v) is 10.3. The van der Waals surface area contributed by atoms with Gasteiger partial charge in [0.1, 0.15) is 36.9 Å². The van der Waals surface area contributed by atoms with Gasteiger partial charge in [0.05, 0.1) is 32.5 Å². The van der Waals surface area contributed by atoms with Crippen LogP contribution < -0.4 is 17.0 Å². The van der Waals surface area contributed by atoms with E-state index in [0.717, 1.165) is 0 Å². The number of aromatic amines is 1. The van der Waals surface area contributed by atoms with Crippen molar-refractivity contribution in [1.82, 2.24) is 39.0 Å². The number of rotatable bonds is 6. The van der Waals surface area contributed by atoms with Crippen molar-refractivity contribution in [3.8, 4) is 0 Å². The maximum absolute atomic E-state index is 11.4. The van der Waals surface area contributed by atoms with Crippen LogP contribution >= 0.6 is 0 Å². The van der Waals surface area contributed by atoms with Gasteiger partial charge in [-0.3, -0.25) is 18.9 Å². The van der Waals surface area contributed by atoms with Crippen LogP contribution in [0.1, 0.15) is 6.23 Å². The SMILES string of the molecule is Nc1nc2c(ncn2COCCO)c(=O)[nH]1.Nc1ncnc2c1ncn2C1O[C@H](CO)[C@@H](O)[C@@H]1O. The topological polar surface area (TPSA) is 259 Å². The van der Waals surface area contributed by atoms with Crippen molar-refractivity contribution in [2.45, 2.75) is 31.3 Å². The van der Waals surface area contributed by atoms with Crippen LogP contribution in [0.25, 0.3) is 22.3 Å². The summed E-state index contributed by atoms with van der Waals surface area (Å²) >= 11 is 0.